The molecule has 0 bridgehead atoms. The number of carbonyl (C=O) groups excluding carboxylic acids is 1. The van der Waals surface area contributed by atoms with E-state index in [0.717, 1.165) is 29.9 Å². The first-order valence-corrected chi connectivity index (χ1v) is 9.53. The quantitative estimate of drug-likeness (QED) is 0.694. The monoisotopic (exact) mass is 377 g/mol. The second-order valence-electron chi connectivity index (χ2n) is 6.95. The van der Waals surface area contributed by atoms with Crippen LogP contribution in [0.15, 0.2) is 53.5 Å². The van der Waals surface area contributed by atoms with Crippen molar-refractivity contribution in [2.75, 3.05) is 31.1 Å². The summed E-state index contributed by atoms with van der Waals surface area (Å²) >= 11 is 0. The SMILES string of the molecule is Cc1nc2ccccc2n(CCC(=O)N2CCN(c3ccccn3)CC2)c1=O. The number of carbonyl (C=O) groups is 1. The summed E-state index contributed by atoms with van der Waals surface area (Å²) in [7, 11) is 0. The van der Waals surface area contributed by atoms with Crippen molar-refractivity contribution in [1.82, 2.24) is 19.4 Å². The first-order valence-electron chi connectivity index (χ1n) is 9.53. The highest BCUT2D eigenvalue weighted by molar-refractivity contribution is 5.77. The van der Waals surface area contributed by atoms with Gasteiger partial charge in [-0.05, 0) is 31.2 Å². The van der Waals surface area contributed by atoms with Crippen molar-refractivity contribution in [2.45, 2.75) is 19.9 Å². The molecule has 3 heterocycles. The molecule has 0 unspecified atom stereocenters. The minimum absolute atomic E-state index is 0.0751. The number of benzene rings is 1. The molecule has 0 aliphatic carbocycles. The molecule has 144 valence electrons. The molecule has 1 saturated heterocycles. The number of rotatable bonds is 4. The van der Waals surface area contributed by atoms with Gasteiger partial charge in [0.25, 0.3) is 5.56 Å². The summed E-state index contributed by atoms with van der Waals surface area (Å²) in [6.45, 7) is 4.94. The van der Waals surface area contributed by atoms with Gasteiger partial charge in [-0.3, -0.25) is 9.59 Å². The van der Waals surface area contributed by atoms with Crippen LogP contribution in [0.5, 0.6) is 0 Å². The number of piperazine rings is 1. The van der Waals surface area contributed by atoms with Crippen LogP contribution in [0, 0.1) is 6.92 Å². The van der Waals surface area contributed by atoms with Crippen LogP contribution < -0.4 is 10.5 Å². The van der Waals surface area contributed by atoms with Gasteiger partial charge in [-0.15, -0.1) is 0 Å². The fourth-order valence-electron chi connectivity index (χ4n) is 3.63. The molecule has 4 rings (SSSR count). The zero-order valence-corrected chi connectivity index (χ0v) is 15.9. The van der Waals surface area contributed by atoms with Crippen LogP contribution in [-0.4, -0.2) is 51.5 Å². The van der Waals surface area contributed by atoms with Gasteiger partial charge in [0, 0.05) is 45.3 Å². The number of nitrogens with zero attached hydrogens (tertiary/aromatic N) is 5. The first kappa shape index (κ1) is 18.2. The van der Waals surface area contributed by atoms with Crippen molar-refractivity contribution in [3.8, 4) is 0 Å². The molecule has 1 aliphatic rings. The van der Waals surface area contributed by atoms with E-state index in [1.807, 2.05) is 47.4 Å². The highest BCUT2D eigenvalue weighted by atomic mass is 16.2. The number of aryl methyl sites for hydroxylation is 2. The van der Waals surface area contributed by atoms with Crippen molar-refractivity contribution in [3.05, 3.63) is 64.7 Å². The van der Waals surface area contributed by atoms with Crippen LogP contribution in [0.25, 0.3) is 11.0 Å². The standard InChI is InChI=1S/C21H23N5O2/c1-16-21(28)26(18-7-3-2-6-17(18)23-16)11-9-20(27)25-14-12-24(13-15-25)19-8-4-5-10-22-19/h2-8,10H,9,11-15H2,1H3. The zero-order chi connectivity index (χ0) is 19.5. The van der Waals surface area contributed by atoms with Crippen molar-refractivity contribution in [1.29, 1.82) is 0 Å². The van der Waals surface area contributed by atoms with Crippen LogP contribution in [0.1, 0.15) is 12.1 Å². The zero-order valence-electron chi connectivity index (χ0n) is 15.9. The van der Waals surface area contributed by atoms with E-state index in [0.29, 0.717) is 31.7 Å². The van der Waals surface area contributed by atoms with Gasteiger partial charge >= 0.3 is 0 Å². The van der Waals surface area contributed by atoms with E-state index in [4.69, 9.17) is 0 Å². The summed E-state index contributed by atoms with van der Waals surface area (Å²) < 4.78 is 1.67. The third-order valence-corrected chi connectivity index (χ3v) is 5.17. The molecule has 2 aromatic heterocycles. The molecule has 0 atom stereocenters. The van der Waals surface area contributed by atoms with E-state index in [1.54, 1.807) is 17.7 Å². The summed E-state index contributed by atoms with van der Waals surface area (Å²) in [5.74, 6) is 1.02. The topological polar surface area (TPSA) is 71.3 Å². The molecule has 1 fully saturated rings. The molecule has 1 amide bonds. The maximum atomic E-state index is 12.7. The third kappa shape index (κ3) is 3.60. The molecule has 0 N–H and O–H groups in total. The van der Waals surface area contributed by atoms with Gasteiger partial charge in [-0.25, -0.2) is 9.97 Å². The summed E-state index contributed by atoms with van der Waals surface area (Å²) in [6, 6.07) is 13.4. The van der Waals surface area contributed by atoms with Gasteiger partial charge < -0.3 is 14.4 Å². The summed E-state index contributed by atoms with van der Waals surface area (Å²) in [4.78, 5) is 38.0. The average molecular weight is 377 g/mol. The van der Waals surface area contributed by atoms with E-state index in [-0.39, 0.29) is 11.5 Å². The van der Waals surface area contributed by atoms with Crippen LogP contribution in [-0.2, 0) is 11.3 Å². The fraction of sp³-hybridized carbons (Fsp3) is 0.333. The molecular weight excluding hydrogens is 354 g/mol. The highest BCUT2D eigenvalue weighted by Gasteiger charge is 2.22. The molecule has 1 aromatic carbocycles. The lowest BCUT2D eigenvalue weighted by Crippen LogP contribution is -2.49. The number of amides is 1. The molecule has 1 aliphatic heterocycles. The normalized spacial score (nSPS) is 14.5. The molecule has 0 radical (unpaired) electrons. The van der Waals surface area contributed by atoms with Crippen molar-refractivity contribution < 1.29 is 4.79 Å². The van der Waals surface area contributed by atoms with Gasteiger partial charge in [-0.1, -0.05) is 18.2 Å². The minimum atomic E-state index is -0.133. The molecule has 0 spiro atoms. The number of aromatic nitrogens is 3. The Morgan fingerprint density at radius 2 is 1.79 bits per heavy atom. The smallest absolute Gasteiger partial charge is 0.272 e. The maximum Gasteiger partial charge on any atom is 0.272 e. The van der Waals surface area contributed by atoms with E-state index < -0.39 is 0 Å². The van der Waals surface area contributed by atoms with E-state index in [2.05, 4.69) is 14.9 Å². The number of hydrogen-bond acceptors (Lipinski definition) is 5. The van der Waals surface area contributed by atoms with Crippen LogP contribution in [0.4, 0.5) is 5.82 Å². The second-order valence-corrected chi connectivity index (χ2v) is 6.95. The largest absolute Gasteiger partial charge is 0.353 e. The first-order chi connectivity index (χ1) is 13.6. The molecule has 7 nitrogen and oxygen atoms in total. The average Bonchev–Trinajstić information content (AvgIpc) is 2.74. The Morgan fingerprint density at radius 1 is 1.04 bits per heavy atom. The van der Waals surface area contributed by atoms with Crippen LogP contribution in [0.2, 0.25) is 0 Å². The number of hydrogen-bond donors (Lipinski definition) is 0. The van der Waals surface area contributed by atoms with Crippen molar-refractivity contribution in [3.63, 3.8) is 0 Å². The Kier molecular flexibility index (Phi) is 5.06. The minimum Gasteiger partial charge on any atom is -0.353 e. The highest BCUT2D eigenvalue weighted by Crippen LogP contribution is 2.14. The van der Waals surface area contributed by atoms with Crippen LogP contribution >= 0.6 is 0 Å². The van der Waals surface area contributed by atoms with Crippen molar-refractivity contribution >= 4 is 22.8 Å². The fourth-order valence-corrected chi connectivity index (χ4v) is 3.63. The molecular formula is C21H23N5O2. The predicted octanol–water partition coefficient (Wildman–Crippen LogP) is 1.84. The summed E-state index contributed by atoms with van der Waals surface area (Å²) in [5.41, 5.74) is 1.86. The Bertz CT molecular complexity index is 1040. The summed E-state index contributed by atoms with van der Waals surface area (Å²) in [5, 5.41) is 0. The maximum absolute atomic E-state index is 12.7. The van der Waals surface area contributed by atoms with Gasteiger partial charge in [-0.2, -0.15) is 0 Å². The predicted molar refractivity (Wildman–Crippen MR) is 108 cm³/mol. The third-order valence-electron chi connectivity index (χ3n) is 5.17. The lowest BCUT2D eigenvalue weighted by molar-refractivity contribution is -0.131. The van der Waals surface area contributed by atoms with Gasteiger partial charge in [0.1, 0.15) is 11.5 Å². The second kappa shape index (κ2) is 7.80. The van der Waals surface area contributed by atoms with E-state index in [1.165, 1.54) is 0 Å². The van der Waals surface area contributed by atoms with Gasteiger partial charge in [0.15, 0.2) is 0 Å². The van der Waals surface area contributed by atoms with E-state index in [9.17, 15) is 9.59 Å². The number of pyridine rings is 1. The Morgan fingerprint density at radius 3 is 2.54 bits per heavy atom. The Labute approximate surface area is 163 Å². The molecule has 7 heteroatoms. The lowest BCUT2D eigenvalue weighted by Gasteiger charge is -2.35. The lowest BCUT2D eigenvalue weighted by atomic mass is 10.2. The van der Waals surface area contributed by atoms with E-state index >= 15 is 0 Å². The van der Waals surface area contributed by atoms with Crippen molar-refractivity contribution in [2.24, 2.45) is 0 Å². The van der Waals surface area contributed by atoms with Crippen LogP contribution in [0.3, 0.4) is 0 Å². The Balaban J connectivity index is 1.41. The number of para-hydroxylation sites is 2. The van der Waals surface area contributed by atoms with Gasteiger partial charge in [0.05, 0.1) is 11.0 Å². The van der Waals surface area contributed by atoms with Gasteiger partial charge in [0.2, 0.25) is 5.91 Å². The molecule has 28 heavy (non-hydrogen) atoms. The summed E-state index contributed by atoms with van der Waals surface area (Å²) in [6.07, 6.45) is 2.09. The molecule has 3 aromatic rings. The number of anilines is 1. The number of fused-ring (bicyclic) bond motifs is 1. The Hall–Kier alpha value is -3.22. The molecule has 0 saturated carbocycles.